The third-order valence-corrected chi connectivity index (χ3v) is 1.95. The van der Waals surface area contributed by atoms with Gasteiger partial charge in [0.15, 0.2) is 11.8 Å². The lowest BCUT2D eigenvalue weighted by atomic mass is 10.0. The standard InChI is InChI=1S/C8H9NO2/c10-7-5-3-1-2-4-6(5)8(11)9-7/h1,3,9-11H,2,4H2. The molecule has 0 saturated heterocycles. The van der Waals surface area contributed by atoms with Gasteiger partial charge in [0.1, 0.15) is 0 Å². The Kier molecular flexibility index (Phi) is 1.18. The molecule has 0 saturated carbocycles. The third-order valence-electron chi connectivity index (χ3n) is 1.95. The number of rotatable bonds is 0. The van der Waals surface area contributed by atoms with Gasteiger partial charge >= 0.3 is 0 Å². The normalized spacial score (nSPS) is 14.9. The summed E-state index contributed by atoms with van der Waals surface area (Å²) in [6.07, 6.45) is 5.53. The predicted molar refractivity (Wildman–Crippen MR) is 41.5 cm³/mol. The minimum Gasteiger partial charge on any atom is -0.494 e. The summed E-state index contributed by atoms with van der Waals surface area (Å²) < 4.78 is 0. The van der Waals surface area contributed by atoms with E-state index < -0.39 is 0 Å². The second-order valence-corrected chi connectivity index (χ2v) is 2.66. The molecule has 0 unspecified atom stereocenters. The van der Waals surface area contributed by atoms with Crippen molar-refractivity contribution < 1.29 is 10.2 Å². The molecular formula is C8H9NO2. The van der Waals surface area contributed by atoms with Gasteiger partial charge in [0.2, 0.25) is 0 Å². The Labute approximate surface area is 64.0 Å². The monoisotopic (exact) mass is 151 g/mol. The zero-order valence-corrected chi connectivity index (χ0v) is 5.96. The second-order valence-electron chi connectivity index (χ2n) is 2.66. The van der Waals surface area contributed by atoms with Crippen molar-refractivity contribution in [1.29, 1.82) is 0 Å². The summed E-state index contributed by atoms with van der Waals surface area (Å²) in [5.74, 6) is 0.162. The molecule has 0 spiro atoms. The Morgan fingerprint density at radius 3 is 2.82 bits per heavy atom. The molecule has 0 fully saturated rings. The third kappa shape index (κ3) is 0.808. The van der Waals surface area contributed by atoms with Gasteiger partial charge in [0.25, 0.3) is 0 Å². The van der Waals surface area contributed by atoms with Crippen molar-refractivity contribution in [3.8, 4) is 11.8 Å². The summed E-state index contributed by atoms with van der Waals surface area (Å²) in [4.78, 5) is 2.48. The van der Waals surface area contributed by atoms with Crippen molar-refractivity contribution in [2.45, 2.75) is 12.8 Å². The molecule has 1 aliphatic carbocycles. The van der Waals surface area contributed by atoms with Crippen molar-refractivity contribution in [2.24, 2.45) is 0 Å². The molecule has 0 radical (unpaired) electrons. The molecule has 3 N–H and O–H groups in total. The van der Waals surface area contributed by atoms with Gasteiger partial charge in [-0.2, -0.15) is 0 Å². The van der Waals surface area contributed by atoms with E-state index in [2.05, 4.69) is 4.98 Å². The van der Waals surface area contributed by atoms with Crippen LogP contribution in [0, 0.1) is 0 Å². The molecule has 0 aromatic carbocycles. The molecule has 1 aromatic rings. The van der Waals surface area contributed by atoms with Crippen LogP contribution in [-0.4, -0.2) is 15.2 Å². The Bertz CT molecular complexity index is 312. The Balaban J connectivity index is 2.63. The maximum absolute atomic E-state index is 9.23. The van der Waals surface area contributed by atoms with Gasteiger partial charge in [0.05, 0.1) is 0 Å². The quantitative estimate of drug-likeness (QED) is 0.524. The second kappa shape index (κ2) is 2.05. The summed E-state index contributed by atoms with van der Waals surface area (Å²) in [6.45, 7) is 0. The highest BCUT2D eigenvalue weighted by atomic mass is 16.3. The fourth-order valence-electron chi connectivity index (χ4n) is 1.39. The van der Waals surface area contributed by atoms with E-state index in [0.717, 1.165) is 24.0 Å². The molecule has 1 aromatic heterocycles. The van der Waals surface area contributed by atoms with Crippen LogP contribution in [0.5, 0.6) is 11.8 Å². The van der Waals surface area contributed by atoms with Gasteiger partial charge < -0.3 is 10.2 Å². The van der Waals surface area contributed by atoms with Gasteiger partial charge in [0, 0.05) is 11.1 Å². The smallest absolute Gasteiger partial charge is 0.198 e. The molecule has 58 valence electrons. The van der Waals surface area contributed by atoms with Crippen molar-refractivity contribution in [3.63, 3.8) is 0 Å². The SMILES string of the molecule is Oc1[nH]c(O)c2c1C=CCC2. The Morgan fingerprint density at radius 2 is 2.09 bits per heavy atom. The highest BCUT2D eigenvalue weighted by Crippen LogP contribution is 2.33. The van der Waals surface area contributed by atoms with E-state index in [4.69, 9.17) is 0 Å². The largest absolute Gasteiger partial charge is 0.494 e. The zero-order chi connectivity index (χ0) is 7.84. The molecule has 3 heteroatoms. The number of hydrogen-bond acceptors (Lipinski definition) is 2. The fraction of sp³-hybridized carbons (Fsp3) is 0.250. The van der Waals surface area contributed by atoms with E-state index in [-0.39, 0.29) is 11.8 Å². The summed E-state index contributed by atoms with van der Waals surface area (Å²) in [6, 6.07) is 0. The van der Waals surface area contributed by atoms with E-state index in [9.17, 15) is 10.2 Å². The fourth-order valence-corrected chi connectivity index (χ4v) is 1.39. The van der Waals surface area contributed by atoms with Crippen molar-refractivity contribution in [2.75, 3.05) is 0 Å². The Morgan fingerprint density at radius 1 is 1.27 bits per heavy atom. The van der Waals surface area contributed by atoms with Gasteiger partial charge in [-0.3, -0.25) is 4.98 Å². The van der Waals surface area contributed by atoms with Crippen LogP contribution in [0.2, 0.25) is 0 Å². The summed E-state index contributed by atoms with van der Waals surface area (Å²) in [5.41, 5.74) is 1.55. The van der Waals surface area contributed by atoms with E-state index in [0.29, 0.717) is 0 Å². The average Bonchev–Trinajstić information content (AvgIpc) is 2.30. The first-order valence-electron chi connectivity index (χ1n) is 3.58. The number of aromatic nitrogens is 1. The lowest BCUT2D eigenvalue weighted by Gasteiger charge is -2.03. The first-order valence-corrected chi connectivity index (χ1v) is 3.58. The Hall–Kier alpha value is -1.38. The van der Waals surface area contributed by atoms with E-state index in [1.165, 1.54) is 0 Å². The number of H-pyrrole nitrogens is 1. The number of fused-ring (bicyclic) bond motifs is 1. The molecule has 0 bridgehead atoms. The van der Waals surface area contributed by atoms with Crippen molar-refractivity contribution >= 4 is 6.08 Å². The van der Waals surface area contributed by atoms with E-state index >= 15 is 0 Å². The van der Waals surface area contributed by atoms with Crippen LogP contribution in [0.25, 0.3) is 6.08 Å². The molecule has 0 atom stereocenters. The molecule has 1 heterocycles. The number of aromatic amines is 1. The van der Waals surface area contributed by atoms with Crippen LogP contribution < -0.4 is 0 Å². The zero-order valence-electron chi connectivity index (χ0n) is 5.96. The predicted octanol–water partition coefficient (Wildman–Crippen LogP) is 1.39. The highest BCUT2D eigenvalue weighted by Gasteiger charge is 2.15. The highest BCUT2D eigenvalue weighted by molar-refractivity contribution is 5.64. The summed E-state index contributed by atoms with van der Waals surface area (Å²) >= 11 is 0. The lowest BCUT2D eigenvalue weighted by molar-refractivity contribution is 0.423. The maximum Gasteiger partial charge on any atom is 0.198 e. The molecule has 3 nitrogen and oxygen atoms in total. The average molecular weight is 151 g/mol. The lowest BCUT2D eigenvalue weighted by Crippen LogP contribution is -1.88. The van der Waals surface area contributed by atoms with Crippen LogP contribution >= 0.6 is 0 Å². The van der Waals surface area contributed by atoms with Crippen LogP contribution in [0.3, 0.4) is 0 Å². The van der Waals surface area contributed by atoms with Gasteiger partial charge in [-0.25, -0.2) is 0 Å². The molecule has 2 rings (SSSR count). The van der Waals surface area contributed by atoms with Gasteiger partial charge in [-0.05, 0) is 12.8 Å². The van der Waals surface area contributed by atoms with Crippen LogP contribution in [0.15, 0.2) is 6.08 Å². The summed E-state index contributed by atoms with van der Waals surface area (Å²) in [5, 5.41) is 18.4. The number of aromatic hydroxyl groups is 2. The first kappa shape index (κ1) is 6.34. The minimum atomic E-state index is 0.0634. The molecule has 0 aliphatic heterocycles. The molecule has 11 heavy (non-hydrogen) atoms. The van der Waals surface area contributed by atoms with Crippen molar-refractivity contribution in [1.82, 2.24) is 4.98 Å². The molecule has 1 aliphatic rings. The number of allylic oxidation sites excluding steroid dienone is 1. The number of hydrogen-bond donors (Lipinski definition) is 3. The summed E-state index contributed by atoms with van der Waals surface area (Å²) in [7, 11) is 0. The van der Waals surface area contributed by atoms with E-state index in [1.807, 2.05) is 12.2 Å². The minimum absolute atomic E-state index is 0.0634. The topological polar surface area (TPSA) is 56.2 Å². The van der Waals surface area contributed by atoms with Gasteiger partial charge in [-0.1, -0.05) is 12.2 Å². The van der Waals surface area contributed by atoms with Crippen molar-refractivity contribution in [3.05, 3.63) is 17.2 Å². The first-order chi connectivity index (χ1) is 5.29. The molecule has 0 amide bonds. The number of nitrogens with one attached hydrogen (secondary N) is 1. The van der Waals surface area contributed by atoms with Gasteiger partial charge in [-0.15, -0.1) is 0 Å². The van der Waals surface area contributed by atoms with Crippen LogP contribution in [-0.2, 0) is 6.42 Å². The van der Waals surface area contributed by atoms with Crippen LogP contribution in [0.4, 0.5) is 0 Å². The molecular weight excluding hydrogens is 142 g/mol. The van der Waals surface area contributed by atoms with Crippen LogP contribution in [0.1, 0.15) is 17.5 Å². The van der Waals surface area contributed by atoms with E-state index in [1.54, 1.807) is 0 Å². The maximum atomic E-state index is 9.23.